The van der Waals surface area contributed by atoms with Crippen molar-refractivity contribution in [2.75, 3.05) is 19.5 Å². The Labute approximate surface area is 159 Å². The minimum Gasteiger partial charge on any atom is -0.495 e. The molecule has 0 saturated heterocycles. The predicted molar refractivity (Wildman–Crippen MR) is 105 cm³/mol. The molecule has 2 aromatic carbocycles. The molecule has 0 aliphatic carbocycles. The number of nitro benzene ring substituents is 1. The number of nitrogens with zero attached hydrogens (tertiary/aromatic N) is 2. The summed E-state index contributed by atoms with van der Waals surface area (Å²) in [6.07, 6.45) is 0. The van der Waals surface area contributed by atoms with Crippen LogP contribution in [0.2, 0.25) is 0 Å². The Balaban J connectivity index is 2.12. The average molecular weight is 371 g/mol. The highest BCUT2D eigenvalue weighted by Crippen LogP contribution is 2.29. The molecule has 27 heavy (non-hydrogen) atoms. The van der Waals surface area contributed by atoms with Gasteiger partial charge in [0.1, 0.15) is 5.75 Å². The summed E-state index contributed by atoms with van der Waals surface area (Å²) >= 11 is 0. The number of hydrogen-bond donors (Lipinski definition) is 1. The van der Waals surface area contributed by atoms with Crippen molar-refractivity contribution in [1.82, 2.24) is 4.90 Å². The van der Waals surface area contributed by atoms with Crippen molar-refractivity contribution >= 4 is 17.3 Å². The minimum atomic E-state index is -0.509. The van der Waals surface area contributed by atoms with Crippen molar-refractivity contribution in [3.05, 3.63) is 63.2 Å². The fourth-order valence-electron chi connectivity index (χ4n) is 2.77. The van der Waals surface area contributed by atoms with Gasteiger partial charge >= 0.3 is 0 Å². The van der Waals surface area contributed by atoms with E-state index in [1.54, 1.807) is 6.92 Å². The standard InChI is InChI=1S/C20H25N3O4/c1-13-6-7-16(14(2)10-13)12-22(4)15(3)20(24)21-18-11-17(23(25)26)8-9-19(18)27-5/h6-11,15H,12H2,1-5H3,(H,21,24). The summed E-state index contributed by atoms with van der Waals surface area (Å²) in [5.41, 5.74) is 3.69. The second-order valence-electron chi connectivity index (χ2n) is 6.65. The molecule has 2 rings (SSSR count). The molecular weight excluding hydrogens is 346 g/mol. The van der Waals surface area contributed by atoms with Crippen LogP contribution < -0.4 is 10.1 Å². The van der Waals surface area contributed by atoms with E-state index in [1.807, 2.05) is 18.9 Å². The zero-order valence-electron chi connectivity index (χ0n) is 16.3. The molecular formula is C20H25N3O4. The van der Waals surface area contributed by atoms with E-state index in [9.17, 15) is 14.9 Å². The third kappa shape index (κ3) is 5.04. The van der Waals surface area contributed by atoms with Gasteiger partial charge in [-0.1, -0.05) is 23.8 Å². The van der Waals surface area contributed by atoms with Crippen LogP contribution in [0.5, 0.6) is 5.75 Å². The van der Waals surface area contributed by atoms with Gasteiger partial charge in [-0.15, -0.1) is 0 Å². The number of benzene rings is 2. The van der Waals surface area contributed by atoms with Gasteiger partial charge in [0.2, 0.25) is 5.91 Å². The normalized spacial score (nSPS) is 11.9. The zero-order valence-corrected chi connectivity index (χ0v) is 16.3. The number of anilines is 1. The first kappa shape index (κ1) is 20.4. The highest BCUT2D eigenvalue weighted by Gasteiger charge is 2.21. The van der Waals surface area contributed by atoms with E-state index in [0.29, 0.717) is 12.3 Å². The Morgan fingerprint density at radius 3 is 2.56 bits per heavy atom. The lowest BCUT2D eigenvalue weighted by Gasteiger charge is -2.25. The number of hydrogen-bond acceptors (Lipinski definition) is 5. The lowest BCUT2D eigenvalue weighted by molar-refractivity contribution is -0.384. The molecule has 0 spiro atoms. The fraction of sp³-hybridized carbons (Fsp3) is 0.350. The van der Waals surface area contributed by atoms with Gasteiger partial charge in [-0.3, -0.25) is 19.8 Å². The summed E-state index contributed by atoms with van der Waals surface area (Å²) in [7, 11) is 3.32. The molecule has 1 atom stereocenters. The summed E-state index contributed by atoms with van der Waals surface area (Å²) in [5.74, 6) is 0.110. The summed E-state index contributed by atoms with van der Waals surface area (Å²) < 4.78 is 5.19. The van der Waals surface area contributed by atoms with E-state index < -0.39 is 11.0 Å². The Morgan fingerprint density at radius 2 is 1.96 bits per heavy atom. The molecule has 7 heteroatoms. The number of aryl methyl sites for hydroxylation is 2. The van der Waals surface area contributed by atoms with E-state index >= 15 is 0 Å². The molecule has 0 aliphatic heterocycles. The molecule has 144 valence electrons. The highest BCUT2D eigenvalue weighted by atomic mass is 16.6. The number of non-ortho nitro benzene ring substituents is 1. The maximum absolute atomic E-state index is 12.7. The molecule has 0 aliphatic rings. The van der Waals surface area contributed by atoms with Gasteiger partial charge in [-0.25, -0.2) is 0 Å². The van der Waals surface area contributed by atoms with Gasteiger partial charge in [0, 0.05) is 18.7 Å². The van der Waals surface area contributed by atoms with Crippen LogP contribution in [0.1, 0.15) is 23.6 Å². The number of ether oxygens (including phenoxy) is 1. The van der Waals surface area contributed by atoms with E-state index in [-0.39, 0.29) is 17.3 Å². The second-order valence-corrected chi connectivity index (χ2v) is 6.65. The molecule has 7 nitrogen and oxygen atoms in total. The van der Waals surface area contributed by atoms with Gasteiger partial charge in [0.25, 0.3) is 5.69 Å². The van der Waals surface area contributed by atoms with Crippen LogP contribution in [0.4, 0.5) is 11.4 Å². The molecule has 2 aromatic rings. The van der Waals surface area contributed by atoms with E-state index in [0.717, 1.165) is 5.56 Å². The SMILES string of the molecule is COc1ccc([N+](=O)[O-])cc1NC(=O)C(C)N(C)Cc1ccc(C)cc1C. The average Bonchev–Trinajstić information content (AvgIpc) is 2.63. The van der Waals surface area contributed by atoms with E-state index in [4.69, 9.17) is 4.74 Å². The van der Waals surface area contributed by atoms with Gasteiger partial charge in [-0.2, -0.15) is 0 Å². The number of amides is 1. The topological polar surface area (TPSA) is 84.7 Å². The van der Waals surface area contributed by atoms with Crippen LogP contribution >= 0.6 is 0 Å². The predicted octanol–water partition coefficient (Wildman–Crippen LogP) is 3.68. The number of rotatable bonds is 7. The number of carbonyl (C=O) groups is 1. The summed E-state index contributed by atoms with van der Waals surface area (Å²) in [4.78, 5) is 25.1. The molecule has 0 fully saturated rings. The first-order chi connectivity index (χ1) is 12.7. The Hall–Kier alpha value is -2.93. The Bertz CT molecular complexity index is 851. The number of nitrogens with one attached hydrogen (secondary N) is 1. The number of methoxy groups -OCH3 is 1. The van der Waals surface area contributed by atoms with Gasteiger partial charge in [0.05, 0.1) is 23.8 Å². The third-order valence-electron chi connectivity index (χ3n) is 4.61. The maximum Gasteiger partial charge on any atom is 0.271 e. The molecule has 0 aromatic heterocycles. The lowest BCUT2D eigenvalue weighted by Crippen LogP contribution is -2.39. The van der Waals surface area contributed by atoms with Crippen molar-refractivity contribution in [3.8, 4) is 5.75 Å². The van der Waals surface area contributed by atoms with Crippen molar-refractivity contribution in [2.24, 2.45) is 0 Å². The quantitative estimate of drug-likeness (QED) is 0.593. The molecule has 1 unspecified atom stereocenters. The van der Waals surface area contributed by atoms with Crippen LogP contribution in [-0.2, 0) is 11.3 Å². The molecule has 0 radical (unpaired) electrons. The Morgan fingerprint density at radius 1 is 1.26 bits per heavy atom. The number of carbonyl (C=O) groups excluding carboxylic acids is 1. The van der Waals surface area contributed by atoms with Gasteiger partial charge in [0.15, 0.2) is 0 Å². The molecule has 0 saturated carbocycles. The molecule has 1 N–H and O–H groups in total. The molecule has 1 amide bonds. The van der Waals surface area contributed by atoms with Gasteiger partial charge in [-0.05, 0) is 45.0 Å². The van der Waals surface area contributed by atoms with Crippen molar-refractivity contribution in [2.45, 2.75) is 33.4 Å². The first-order valence-electron chi connectivity index (χ1n) is 8.62. The van der Waals surface area contributed by atoms with Crippen LogP contribution in [0.3, 0.4) is 0 Å². The smallest absolute Gasteiger partial charge is 0.271 e. The maximum atomic E-state index is 12.7. The van der Waals surface area contributed by atoms with Crippen LogP contribution in [0.15, 0.2) is 36.4 Å². The van der Waals surface area contributed by atoms with Crippen molar-refractivity contribution in [1.29, 1.82) is 0 Å². The van der Waals surface area contributed by atoms with Crippen LogP contribution in [0, 0.1) is 24.0 Å². The summed E-state index contributed by atoms with van der Waals surface area (Å²) in [6.45, 7) is 6.51. The fourth-order valence-corrected chi connectivity index (χ4v) is 2.77. The second kappa shape index (κ2) is 8.64. The van der Waals surface area contributed by atoms with E-state index in [2.05, 4.69) is 30.4 Å². The lowest BCUT2D eigenvalue weighted by atomic mass is 10.0. The van der Waals surface area contributed by atoms with E-state index in [1.165, 1.54) is 36.4 Å². The summed E-state index contributed by atoms with van der Waals surface area (Å²) in [5, 5.41) is 13.7. The minimum absolute atomic E-state index is 0.109. The number of nitro groups is 1. The van der Waals surface area contributed by atoms with Gasteiger partial charge < -0.3 is 10.1 Å². The zero-order chi connectivity index (χ0) is 20.1. The summed E-state index contributed by atoms with van der Waals surface area (Å²) in [6, 6.07) is 9.90. The largest absolute Gasteiger partial charge is 0.495 e. The molecule has 0 heterocycles. The third-order valence-corrected chi connectivity index (χ3v) is 4.61. The first-order valence-corrected chi connectivity index (χ1v) is 8.62. The Kier molecular flexibility index (Phi) is 6.52. The van der Waals surface area contributed by atoms with Crippen molar-refractivity contribution < 1.29 is 14.5 Å². The van der Waals surface area contributed by atoms with Crippen LogP contribution in [0.25, 0.3) is 0 Å². The molecule has 0 bridgehead atoms. The number of likely N-dealkylation sites (N-methyl/N-ethyl adjacent to an activating group) is 1. The monoisotopic (exact) mass is 371 g/mol. The van der Waals surface area contributed by atoms with Crippen LogP contribution in [-0.4, -0.2) is 35.9 Å². The van der Waals surface area contributed by atoms with Crippen molar-refractivity contribution in [3.63, 3.8) is 0 Å². The highest BCUT2D eigenvalue weighted by molar-refractivity contribution is 5.96.